The Labute approximate surface area is 371 Å². The summed E-state index contributed by atoms with van der Waals surface area (Å²) in [5, 5.41) is 8.48. The van der Waals surface area contributed by atoms with Crippen LogP contribution in [0.3, 0.4) is 0 Å². The van der Waals surface area contributed by atoms with E-state index in [4.69, 9.17) is 15.0 Å². The van der Waals surface area contributed by atoms with E-state index >= 15 is 0 Å². The first-order valence-electron chi connectivity index (χ1n) is 21.8. The van der Waals surface area contributed by atoms with Gasteiger partial charge in [0.15, 0.2) is 5.82 Å². The minimum absolute atomic E-state index is 0.668. The summed E-state index contributed by atoms with van der Waals surface area (Å²) in [5.41, 5.74) is 14.5. The van der Waals surface area contributed by atoms with Crippen molar-refractivity contribution in [2.45, 2.75) is 0 Å². The highest BCUT2D eigenvalue weighted by atomic mass is 14.9. The molecule has 0 spiro atoms. The van der Waals surface area contributed by atoms with Crippen LogP contribution < -0.4 is 0 Å². The SMILES string of the molecule is c1ccc(-c2cccc(-c3cc(-c4cccc(-c5ccccc5)c4)nc(-c4cccc(-c5cccc(-c6nc7ccccc7c7c8ccccc8c8ccccc8c67)c5)c4)n3)c2)cc1. The average Bonchev–Trinajstić information content (AvgIpc) is 3.39. The van der Waals surface area contributed by atoms with Crippen molar-refractivity contribution in [2.75, 3.05) is 0 Å². The van der Waals surface area contributed by atoms with Crippen molar-refractivity contribution in [3.05, 3.63) is 237 Å². The number of fused-ring (bicyclic) bond motifs is 8. The van der Waals surface area contributed by atoms with Crippen LogP contribution in [0.2, 0.25) is 0 Å². The fourth-order valence-corrected chi connectivity index (χ4v) is 9.37. The molecule has 0 bridgehead atoms. The molecular weight excluding hydrogens is 775 g/mol. The number of aromatic nitrogens is 3. The molecular formula is C61H39N3. The molecule has 298 valence electrons. The van der Waals surface area contributed by atoms with Gasteiger partial charge < -0.3 is 0 Å². The zero-order chi connectivity index (χ0) is 42.4. The van der Waals surface area contributed by atoms with Gasteiger partial charge >= 0.3 is 0 Å². The smallest absolute Gasteiger partial charge is 0.160 e. The average molecular weight is 814 g/mol. The molecule has 0 aliphatic carbocycles. The molecule has 0 amide bonds. The van der Waals surface area contributed by atoms with Crippen LogP contribution in [0.4, 0.5) is 0 Å². The molecule has 12 aromatic rings. The Morgan fingerprint density at radius 1 is 0.219 bits per heavy atom. The Balaban J connectivity index is 1.01. The standard InChI is InChI=1S/C61H39N3/c1-3-17-40(18-4-1)42-21-13-25-46(35-42)56-39-57(47-26-14-22-43(36-47)41-19-5-2-6-20-41)64-61(63-56)49-28-16-24-45(38-49)44-23-15-27-48(37-44)60-59-53-32-10-8-30-51(53)50-29-7-9-31-52(50)58(59)54-33-11-12-34-55(54)62-60/h1-39H. The molecule has 0 saturated carbocycles. The van der Waals surface area contributed by atoms with Gasteiger partial charge in [0, 0.05) is 38.4 Å². The van der Waals surface area contributed by atoms with E-state index < -0.39 is 0 Å². The Morgan fingerprint density at radius 3 is 1.16 bits per heavy atom. The maximum absolute atomic E-state index is 5.44. The molecule has 0 aliphatic heterocycles. The Bertz CT molecular complexity index is 3620. The Kier molecular flexibility index (Phi) is 9.16. The predicted octanol–water partition coefficient (Wildman–Crippen LogP) is 16.2. The first-order valence-corrected chi connectivity index (χ1v) is 21.8. The van der Waals surface area contributed by atoms with E-state index in [0.717, 1.165) is 83.6 Å². The van der Waals surface area contributed by atoms with E-state index in [0.29, 0.717) is 5.82 Å². The van der Waals surface area contributed by atoms with Crippen LogP contribution in [-0.2, 0) is 0 Å². The van der Waals surface area contributed by atoms with Gasteiger partial charge in [0.25, 0.3) is 0 Å². The van der Waals surface area contributed by atoms with Crippen molar-refractivity contribution in [2.24, 2.45) is 0 Å². The number of para-hydroxylation sites is 1. The largest absolute Gasteiger partial charge is 0.247 e. The second-order valence-corrected chi connectivity index (χ2v) is 16.3. The van der Waals surface area contributed by atoms with E-state index in [9.17, 15) is 0 Å². The molecule has 0 fully saturated rings. The zero-order valence-corrected chi connectivity index (χ0v) is 34.9. The van der Waals surface area contributed by atoms with E-state index in [2.05, 4.69) is 237 Å². The lowest BCUT2D eigenvalue weighted by atomic mass is 9.89. The van der Waals surface area contributed by atoms with Gasteiger partial charge in [-0.2, -0.15) is 0 Å². The summed E-state index contributed by atoms with van der Waals surface area (Å²) in [4.78, 5) is 16.1. The van der Waals surface area contributed by atoms with Crippen molar-refractivity contribution in [3.63, 3.8) is 0 Å². The van der Waals surface area contributed by atoms with Gasteiger partial charge in [-0.3, -0.25) is 0 Å². The second-order valence-electron chi connectivity index (χ2n) is 16.3. The number of pyridine rings is 1. The van der Waals surface area contributed by atoms with Crippen molar-refractivity contribution < 1.29 is 0 Å². The molecule has 64 heavy (non-hydrogen) atoms. The number of hydrogen-bond donors (Lipinski definition) is 0. The maximum atomic E-state index is 5.44. The molecule has 0 N–H and O–H groups in total. The molecule has 3 heteroatoms. The summed E-state index contributed by atoms with van der Waals surface area (Å²) >= 11 is 0. The summed E-state index contributed by atoms with van der Waals surface area (Å²) in [7, 11) is 0. The first kappa shape index (κ1) is 37.2. The van der Waals surface area contributed by atoms with Crippen molar-refractivity contribution in [1.82, 2.24) is 15.0 Å². The number of hydrogen-bond acceptors (Lipinski definition) is 3. The maximum Gasteiger partial charge on any atom is 0.160 e. The van der Waals surface area contributed by atoms with Gasteiger partial charge in [0.05, 0.1) is 22.6 Å². The van der Waals surface area contributed by atoms with Gasteiger partial charge in [-0.25, -0.2) is 15.0 Å². The zero-order valence-electron chi connectivity index (χ0n) is 34.9. The molecule has 0 unspecified atom stereocenters. The quantitative estimate of drug-likeness (QED) is 0.150. The highest BCUT2D eigenvalue weighted by Crippen LogP contribution is 2.43. The molecule has 0 aliphatic rings. The Morgan fingerprint density at radius 2 is 0.594 bits per heavy atom. The van der Waals surface area contributed by atoms with Crippen LogP contribution in [0.25, 0.3) is 122 Å². The lowest BCUT2D eigenvalue weighted by Gasteiger charge is -2.16. The molecule has 0 saturated heterocycles. The topological polar surface area (TPSA) is 38.7 Å². The van der Waals surface area contributed by atoms with Crippen LogP contribution in [0.15, 0.2) is 237 Å². The van der Waals surface area contributed by atoms with Crippen LogP contribution in [-0.4, -0.2) is 15.0 Å². The minimum atomic E-state index is 0.668. The molecule has 12 rings (SSSR count). The van der Waals surface area contributed by atoms with Gasteiger partial charge in [0.1, 0.15) is 0 Å². The van der Waals surface area contributed by atoms with Crippen molar-refractivity contribution >= 4 is 43.2 Å². The number of benzene rings is 10. The van der Waals surface area contributed by atoms with Gasteiger partial charge in [-0.1, -0.05) is 200 Å². The van der Waals surface area contributed by atoms with E-state index in [1.807, 2.05) is 0 Å². The van der Waals surface area contributed by atoms with E-state index in [1.54, 1.807) is 0 Å². The van der Waals surface area contributed by atoms with Gasteiger partial charge in [-0.15, -0.1) is 0 Å². The van der Waals surface area contributed by atoms with Gasteiger partial charge in [-0.05, 0) is 91.3 Å². The molecule has 10 aromatic carbocycles. The van der Waals surface area contributed by atoms with E-state index in [1.165, 1.54) is 32.3 Å². The summed E-state index contributed by atoms with van der Waals surface area (Å²) in [6, 6.07) is 83.9. The normalized spacial score (nSPS) is 11.4. The summed E-state index contributed by atoms with van der Waals surface area (Å²) in [6.45, 7) is 0. The van der Waals surface area contributed by atoms with Crippen LogP contribution in [0.1, 0.15) is 0 Å². The minimum Gasteiger partial charge on any atom is -0.247 e. The molecule has 0 atom stereocenters. The monoisotopic (exact) mass is 813 g/mol. The van der Waals surface area contributed by atoms with Crippen LogP contribution in [0.5, 0.6) is 0 Å². The molecule has 3 nitrogen and oxygen atoms in total. The number of rotatable bonds is 7. The first-order chi connectivity index (χ1) is 31.7. The van der Waals surface area contributed by atoms with Crippen molar-refractivity contribution in [1.29, 1.82) is 0 Å². The number of nitrogens with zero attached hydrogens (tertiary/aromatic N) is 3. The molecule has 0 radical (unpaired) electrons. The summed E-state index contributed by atoms with van der Waals surface area (Å²) in [6.07, 6.45) is 0. The fourth-order valence-electron chi connectivity index (χ4n) is 9.37. The lowest BCUT2D eigenvalue weighted by molar-refractivity contribution is 1.18. The lowest BCUT2D eigenvalue weighted by Crippen LogP contribution is -1.97. The highest BCUT2D eigenvalue weighted by Gasteiger charge is 2.19. The van der Waals surface area contributed by atoms with Crippen molar-refractivity contribution in [3.8, 4) is 78.5 Å². The van der Waals surface area contributed by atoms with E-state index in [-0.39, 0.29) is 0 Å². The van der Waals surface area contributed by atoms with Gasteiger partial charge in [0.2, 0.25) is 0 Å². The Hall–Kier alpha value is -8.53. The molecule has 2 aromatic heterocycles. The third-order valence-electron chi connectivity index (χ3n) is 12.4. The second kappa shape index (κ2) is 15.7. The van der Waals surface area contributed by atoms with Crippen LogP contribution in [0, 0.1) is 0 Å². The highest BCUT2D eigenvalue weighted by molar-refractivity contribution is 6.33. The third-order valence-corrected chi connectivity index (χ3v) is 12.4. The predicted molar refractivity (Wildman–Crippen MR) is 268 cm³/mol. The summed E-state index contributed by atoms with van der Waals surface area (Å²) < 4.78 is 0. The fraction of sp³-hybridized carbons (Fsp3) is 0. The molecule has 2 heterocycles. The third kappa shape index (κ3) is 6.68. The summed E-state index contributed by atoms with van der Waals surface area (Å²) in [5.74, 6) is 0.668. The van der Waals surface area contributed by atoms with Crippen LogP contribution >= 0.6 is 0 Å².